The summed E-state index contributed by atoms with van der Waals surface area (Å²) in [6, 6.07) is 0.684. The summed E-state index contributed by atoms with van der Waals surface area (Å²) in [5, 5.41) is 9.10. The average molecular weight is 267 g/mol. The third kappa shape index (κ3) is 3.50. The lowest BCUT2D eigenvalue weighted by molar-refractivity contribution is -0.143. The molecule has 0 bridgehead atoms. The maximum Gasteiger partial charge on any atom is 0.306 e. The number of piperidine rings is 1. The molecule has 0 aromatic carbocycles. The summed E-state index contributed by atoms with van der Waals surface area (Å²) in [6.45, 7) is 9.04. The van der Waals surface area contributed by atoms with E-state index in [9.17, 15) is 4.79 Å². The summed E-state index contributed by atoms with van der Waals surface area (Å²) in [5.41, 5.74) is 0.370. The average Bonchev–Trinajstić information content (AvgIpc) is 2.38. The molecule has 1 aliphatic carbocycles. The van der Waals surface area contributed by atoms with Gasteiger partial charge in [-0.2, -0.15) is 0 Å². The first-order valence-corrected chi connectivity index (χ1v) is 7.86. The highest BCUT2D eigenvalue weighted by atomic mass is 16.4. The molecule has 1 aliphatic heterocycles. The van der Waals surface area contributed by atoms with Crippen LogP contribution in [0, 0.1) is 17.3 Å². The van der Waals surface area contributed by atoms with Crippen LogP contribution in [-0.4, -0.2) is 35.1 Å². The van der Waals surface area contributed by atoms with Gasteiger partial charge in [-0.15, -0.1) is 0 Å². The van der Waals surface area contributed by atoms with Gasteiger partial charge >= 0.3 is 5.97 Å². The zero-order valence-corrected chi connectivity index (χ0v) is 12.7. The Bertz CT molecular complexity index is 313. The SMILES string of the molecule is CC(C)(C)C1CCCCC1N1CCC(C(=O)O)CC1. The summed E-state index contributed by atoms with van der Waals surface area (Å²) in [6.07, 6.45) is 7.03. The van der Waals surface area contributed by atoms with Crippen LogP contribution in [0.3, 0.4) is 0 Å². The molecule has 0 aromatic rings. The molecule has 3 nitrogen and oxygen atoms in total. The van der Waals surface area contributed by atoms with Gasteiger partial charge in [-0.05, 0) is 50.1 Å². The first kappa shape index (κ1) is 14.8. The second kappa shape index (κ2) is 5.82. The Hall–Kier alpha value is -0.570. The molecular formula is C16H29NO2. The standard InChI is InChI=1S/C16H29NO2/c1-16(2,3)13-6-4-5-7-14(13)17-10-8-12(9-11-17)15(18)19/h12-14H,4-11H2,1-3H3,(H,18,19). The quantitative estimate of drug-likeness (QED) is 0.833. The zero-order chi connectivity index (χ0) is 14.0. The highest BCUT2D eigenvalue weighted by molar-refractivity contribution is 5.70. The normalized spacial score (nSPS) is 31.3. The molecule has 110 valence electrons. The second-order valence-corrected chi connectivity index (χ2v) is 7.47. The van der Waals surface area contributed by atoms with E-state index in [1.807, 2.05) is 0 Å². The number of rotatable bonds is 2. The van der Waals surface area contributed by atoms with Gasteiger partial charge in [0.1, 0.15) is 0 Å². The van der Waals surface area contributed by atoms with E-state index >= 15 is 0 Å². The van der Waals surface area contributed by atoms with E-state index in [0.717, 1.165) is 31.8 Å². The largest absolute Gasteiger partial charge is 0.481 e. The number of carbonyl (C=O) groups is 1. The van der Waals surface area contributed by atoms with Gasteiger partial charge in [0, 0.05) is 6.04 Å². The molecular weight excluding hydrogens is 238 g/mol. The number of hydrogen-bond acceptors (Lipinski definition) is 2. The van der Waals surface area contributed by atoms with Gasteiger partial charge in [-0.1, -0.05) is 33.6 Å². The summed E-state index contributed by atoms with van der Waals surface area (Å²) >= 11 is 0. The van der Waals surface area contributed by atoms with E-state index < -0.39 is 5.97 Å². The minimum Gasteiger partial charge on any atom is -0.481 e. The van der Waals surface area contributed by atoms with Crippen LogP contribution in [0.4, 0.5) is 0 Å². The lowest BCUT2D eigenvalue weighted by Gasteiger charge is -2.47. The minimum absolute atomic E-state index is 0.104. The van der Waals surface area contributed by atoms with Gasteiger partial charge in [0.2, 0.25) is 0 Å². The number of carboxylic acid groups (broad SMARTS) is 1. The molecule has 1 N–H and O–H groups in total. The summed E-state index contributed by atoms with van der Waals surface area (Å²) in [7, 11) is 0. The Morgan fingerprint density at radius 2 is 1.63 bits per heavy atom. The predicted molar refractivity (Wildman–Crippen MR) is 77.1 cm³/mol. The van der Waals surface area contributed by atoms with Crippen molar-refractivity contribution in [2.45, 2.75) is 65.3 Å². The van der Waals surface area contributed by atoms with Gasteiger partial charge in [-0.25, -0.2) is 0 Å². The van der Waals surface area contributed by atoms with Crippen LogP contribution >= 0.6 is 0 Å². The van der Waals surface area contributed by atoms with Gasteiger partial charge in [0.25, 0.3) is 0 Å². The van der Waals surface area contributed by atoms with Crippen molar-refractivity contribution in [3.05, 3.63) is 0 Å². The summed E-state index contributed by atoms with van der Waals surface area (Å²) < 4.78 is 0. The van der Waals surface area contributed by atoms with Gasteiger partial charge in [-0.3, -0.25) is 4.79 Å². The van der Waals surface area contributed by atoms with E-state index in [1.54, 1.807) is 0 Å². The van der Waals surface area contributed by atoms with E-state index in [4.69, 9.17) is 5.11 Å². The monoisotopic (exact) mass is 267 g/mol. The molecule has 19 heavy (non-hydrogen) atoms. The molecule has 2 unspecified atom stereocenters. The fourth-order valence-corrected chi connectivity index (χ4v) is 4.04. The number of carboxylic acids is 1. The van der Waals surface area contributed by atoms with Crippen LogP contribution in [0.1, 0.15) is 59.3 Å². The van der Waals surface area contributed by atoms with Gasteiger partial charge in [0.05, 0.1) is 5.92 Å². The molecule has 2 atom stereocenters. The molecule has 0 aromatic heterocycles. The Kier molecular flexibility index (Phi) is 4.54. The van der Waals surface area contributed by atoms with Crippen molar-refractivity contribution in [1.29, 1.82) is 0 Å². The second-order valence-electron chi connectivity index (χ2n) is 7.47. The van der Waals surface area contributed by atoms with Crippen molar-refractivity contribution in [3.63, 3.8) is 0 Å². The first-order valence-electron chi connectivity index (χ1n) is 7.86. The number of aliphatic carboxylic acids is 1. The van der Waals surface area contributed by atoms with Crippen LogP contribution in [0.2, 0.25) is 0 Å². The Labute approximate surface area is 117 Å². The summed E-state index contributed by atoms with van der Waals surface area (Å²) in [5.74, 6) is 0.0613. The van der Waals surface area contributed by atoms with Gasteiger partial charge in [0.15, 0.2) is 0 Å². The lowest BCUT2D eigenvalue weighted by Crippen LogP contribution is -2.50. The topological polar surface area (TPSA) is 40.5 Å². The van der Waals surface area contributed by atoms with Crippen LogP contribution in [-0.2, 0) is 4.79 Å². The molecule has 2 aliphatic rings. The summed E-state index contributed by atoms with van der Waals surface area (Å²) in [4.78, 5) is 13.6. The molecule has 0 amide bonds. The fraction of sp³-hybridized carbons (Fsp3) is 0.938. The third-order valence-corrected chi connectivity index (χ3v) is 5.19. The third-order valence-electron chi connectivity index (χ3n) is 5.19. The van der Waals surface area contributed by atoms with E-state index in [0.29, 0.717) is 11.5 Å². The number of likely N-dealkylation sites (tertiary alicyclic amines) is 1. The smallest absolute Gasteiger partial charge is 0.306 e. The van der Waals surface area contributed by atoms with Crippen molar-refractivity contribution in [3.8, 4) is 0 Å². The number of hydrogen-bond donors (Lipinski definition) is 1. The highest BCUT2D eigenvalue weighted by Crippen LogP contribution is 2.41. The molecule has 3 heteroatoms. The van der Waals surface area contributed by atoms with E-state index in [-0.39, 0.29) is 5.92 Å². The maximum absolute atomic E-state index is 11.0. The molecule has 2 rings (SSSR count). The molecule has 0 radical (unpaired) electrons. The van der Waals surface area contributed by atoms with Crippen LogP contribution in [0.15, 0.2) is 0 Å². The zero-order valence-electron chi connectivity index (χ0n) is 12.7. The predicted octanol–water partition coefficient (Wildman–Crippen LogP) is 3.39. The highest BCUT2D eigenvalue weighted by Gasteiger charge is 2.38. The van der Waals surface area contributed by atoms with E-state index in [1.165, 1.54) is 25.7 Å². The number of nitrogens with zero attached hydrogens (tertiary/aromatic N) is 1. The van der Waals surface area contributed by atoms with Crippen LogP contribution in [0.5, 0.6) is 0 Å². The molecule has 1 saturated heterocycles. The van der Waals surface area contributed by atoms with Crippen molar-refractivity contribution < 1.29 is 9.90 Å². The molecule has 1 saturated carbocycles. The lowest BCUT2D eigenvalue weighted by atomic mass is 9.68. The van der Waals surface area contributed by atoms with Crippen LogP contribution in [0.25, 0.3) is 0 Å². The van der Waals surface area contributed by atoms with Gasteiger partial charge < -0.3 is 10.0 Å². The minimum atomic E-state index is -0.601. The van der Waals surface area contributed by atoms with E-state index in [2.05, 4.69) is 25.7 Å². The van der Waals surface area contributed by atoms with Crippen LogP contribution < -0.4 is 0 Å². The Morgan fingerprint density at radius 1 is 1.05 bits per heavy atom. The fourth-order valence-electron chi connectivity index (χ4n) is 4.04. The Morgan fingerprint density at radius 3 is 2.16 bits per heavy atom. The maximum atomic E-state index is 11.0. The molecule has 1 heterocycles. The molecule has 0 spiro atoms. The van der Waals surface area contributed by atoms with Crippen molar-refractivity contribution >= 4 is 5.97 Å². The van der Waals surface area contributed by atoms with Crippen molar-refractivity contribution in [2.24, 2.45) is 17.3 Å². The first-order chi connectivity index (χ1) is 8.89. The Balaban J connectivity index is 1.98. The molecule has 2 fully saturated rings. The van der Waals surface area contributed by atoms with Crippen molar-refractivity contribution in [1.82, 2.24) is 4.90 Å². The van der Waals surface area contributed by atoms with Crippen molar-refractivity contribution in [2.75, 3.05) is 13.1 Å².